The van der Waals surface area contributed by atoms with Gasteiger partial charge in [-0.25, -0.2) is 4.98 Å². The molecule has 2 rings (SSSR count). The Morgan fingerprint density at radius 1 is 1.18 bits per heavy atom. The lowest BCUT2D eigenvalue weighted by Gasteiger charge is -2.21. The van der Waals surface area contributed by atoms with Gasteiger partial charge in [0, 0.05) is 31.5 Å². The summed E-state index contributed by atoms with van der Waals surface area (Å²) >= 11 is 0. The van der Waals surface area contributed by atoms with Crippen LogP contribution in [-0.4, -0.2) is 33.9 Å². The van der Waals surface area contributed by atoms with Crippen molar-refractivity contribution in [3.63, 3.8) is 0 Å². The van der Waals surface area contributed by atoms with Crippen molar-refractivity contribution in [3.05, 3.63) is 59.7 Å². The van der Waals surface area contributed by atoms with Crippen LogP contribution in [0.2, 0.25) is 0 Å². The molecule has 0 atom stereocenters. The van der Waals surface area contributed by atoms with E-state index in [1.54, 1.807) is 6.20 Å². The van der Waals surface area contributed by atoms with Gasteiger partial charge in [-0.2, -0.15) is 0 Å². The number of amides is 1. The minimum Gasteiger partial charge on any atom is -0.347 e. The van der Waals surface area contributed by atoms with Crippen molar-refractivity contribution in [1.82, 2.24) is 20.2 Å². The molecule has 0 radical (unpaired) electrons. The molecule has 1 heterocycles. The second-order valence-corrected chi connectivity index (χ2v) is 5.60. The van der Waals surface area contributed by atoms with Gasteiger partial charge in [-0.05, 0) is 32.0 Å². The van der Waals surface area contributed by atoms with E-state index >= 15 is 0 Å². The predicted molar refractivity (Wildman–Crippen MR) is 86.2 cm³/mol. The van der Waals surface area contributed by atoms with Crippen LogP contribution in [0.4, 0.5) is 0 Å². The minimum atomic E-state index is -0.211. The summed E-state index contributed by atoms with van der Waals surface area (Å²) in [6, 6.07) is 8.80. The van der Waals surface area contributed by atoms with E-state index in [0.717, 1.165) is 12.1 Å². The first-order valence-electron chi connectivity index (χ1n) is 7.38. The molecule has 22 heavy (non-hydrogen) atoms. The van der Waals surface area contributed by atoms with Crippen LogP contribution in [0, 0.1) is 0 Å². The second-order valence-electron chi connectivity index (χ2n) is 5.60. The molecule has 2 aromatic rings. The molecule has 1 aromatic carbocycles. The van der Waals surface area contributed by atoms with Gasteiger partial charge in [0.1, 0.15) is 5.69 Å². The van der Waals surface area contributed by atoms with Crippen LogP contribution >= 0.6 is 0 Å². The molecule has 1 N–H and O–H groups in total. The number of rotatable bonds is 6. The number of hydrogen-bond donors (Lipinski definition) is 1. The van der Waals surface area contributed by atoms with E-state index in [1.165, 1.54) is 18.0 Å². The van der Waals surface area contributed by atoms with Crippen LogP contribution in [0.5, 0.6) is 0 Å². The third-order valence-electron chi connectivity index (χ3n) is 3.59. The minimum absolute atomic E-state index is 0.211. The zero-order chi connectivity index (χ0) is 15.9. The van der Waals surface area contributed by atoms with Crippen LogP contribution < -0.4 is 5.32 Å². The van der Waals surface area contributed by atoms with Crippen LogP contribution in [-0.2, 0) is 13.1 Å². The van der Waals surface area contributed by atoms with Crippen LogP contribution in [0.1, 0.15) is 35.5 Å². The van der Waals surface area contributed by atoms with Gasteiger partial charge in [0.25, 0.3) is 5.91 Å². The van der Waals surface area contributed by atoms with Crippen molar-refractivity contribution in [2.45, 2.75) is 33.0 Å². The third kappa shape index (κ3) is 4.63. The lowest BCUT2D eigenvalue weighted by atomic mass is 10.1. The molecule has 0 saturated carbocycles. The number of carbonyl (C=O) groups is 1. The average Bonchev–Trinajstić information content (AvgIpc) is 2.54. The van der Waals surface area contributed by atoms with E-state index < -0.39 is 0 Å². The van der Waals surface area contributed by atoms with Gasteiger partial charge >= 0.3 is 0 Å². The quantitative estimate of drug-likeness (QED) is 0.888. The Kier molecular flexibility index (Phi) is 5.61. The lowest BCUT2D eigenvalue weighted by molar-refractivity contribution is 0.0945. The molecule has 0 aliphatic carbocycles. The van der Waals surface area contributed by atoms with E-state index in [0.29, 0.717) is 18.3 Å². The number of benzene rings is 1. The predicted octanol–water partition coefficient (Wildman–Crippen LogP) is 2.25. The van der Waals surface area contributed by atoms with Gasteiger partial charge < -0.3 is 5.32 Å². The molecule has 116 valence electrons. The summed E-state index contributed by atoms with van der Waals surface area (Å²) in [6.07, 6.45) is 4.51. The maximum absolute atomic E-state index is 11.9. The summed E-state index contributed by atoms with van der Waals surface area (Å²) in [7, 11) is 2.11. The maximum Gasteiger partial charge on any atom is 0.271 e. The van der Waals surface area contributed by atoms with Gasteiger partial charge in [-0.3, -0.25) is 14.7 Å². The highest BCUT2D eigenvalue weighted by molar-refractivity contribution is 5.91. The Hall–Kier alpha value is -2.27. The SMILES string of the molecule is CC(C)N(C)Cc1ccc(CNC(=O)c2cnccn2)cc1. The van der Waals surface area contributed by atoms with Crippen LogP contribution in [0.25, 0.3) is 0 Å². The Balaban J connectivity index is 1.88. The van der Waals surface area contributed by atoms with E-state index in [9.17, 15) is 4.79 Å². The highest BCUT2D eigenvalue weighted by Crippen LogP contribution is 2.08. The number of nitrogens with zero attached hydrogens (tertiary/aromatic N) is 3. The van der Waals surface area contributed by atoms with E-state index in [1.807, 2.05) is 12.1 Å². The summed E-state index contributed by atoms with van der Waals surface area (Å²) in [5, 5.41) is 2.84. The van der Waals surface area contributed by atoms with Gasteiger partial charge in [-0.15, -0.1) is 0 Å². The van der Waals surface area contributed by atoms with E-state index in [4.69, 9.17) is 0 Å². The molecule has 1 aromatic heterocycles. The lowest BCUT2D eigenvalue weighted by Crippen LogP contribution is -2.25. The third-order valence-corrected chi connectivity index (χ3v) is 3.59. The van der Waals surface area contributed by atoms with E-state index in [2.05, 4.69) is 53.2 Å². The van der Waals surface area contributed by atoms with Gasteiger partial charge in [-0.1, -0.05) is 24.3 Å². The molecular formula is C17H22N4O. The number of carbonyl (C=O) groups excluding carboxylic acids is 1. The monoisotopic (exact) mass is 298 g/mol. The fraction of sp³-hybridized carbons (Fsp3) is 0.353. The molecule has 0 fully saturated rings. The first kappa shape index (κ1) is 16.1. The fourth-order valence-corrected chi connectivity index (χ4v) is 1.92. The van der Waals surface area contributed by atoms with Crippen molar-refractivity contribution in [1.29, 1.82) is 0 Å². The first-order valence-corrected chi connectivity index (χ1v) is 7.38. The van der Waals surface area contributed by atoms with Crippen molar-refractivity contribution >= 4 is 5.91 Å². The van der Waals surface area contributed by atoms with Gasteiger partial charge in [0.05, 0.1) is 6.20 Å². The highest BCUT2D eigenvalue weighted by Gasteiger charge is 2.07. The van der Waals surface area contributed by atoms with E-state index in [-0.39, 0.29) is 5.91 Å². The molecule has 0 unspecified atom stereocenters. The largest absolute Gasteiger partial charge is 0.347 e. The van der Waals surface area contributed by atoms with Crippen LogP contribution in [0.15, 0.2) is 42.9 Å². The zero-order valence-corrected chi connectivity index (χ0v) is 13.3. The molecule has 1 amide bonds. The fourth-order valence-electron chi connectivity index (χ4n) is 1.92. The number of hydrogen-bond acceptors (Lipinski definition) is 4. The summed E-state index contributed by atoms with van der Waals surface area (Å²) < 4.78 is 0. The summed E-state index contributed by atoms with van der Waals surface area (Å²) in [5.74, 6) is -0.211. The van der Waals surface area contributed by atoms with Crippen molar-refractivity contribution < 1.29 is 4.79 Å². The van der Waals surface area contributed by atoms with Gasteiger partial charge in [0.15, 0.2) is 0 Å². The van der Waals surface area contributed by atoms with Crippen molar-refractivity contribution in [2.24, 2.45) is 0 Å². The summed E-state index contributed by atoms with van der Waals surface area (Å²) in [6.45, 7) is 5.76. The molecule has 0 aliphatic heterocycles. The number of aromatic nitrogens is 2. The Labute approximate surface area is 131 Å². The van der Waals surface area contributed by atoms with Crippen molar-refractivity contribution in [3.8, 4) is 0 Å². The Morgan fingerprint density at radius 2 is 1.86 bits per heavy atom. The summed E-state index contributed by atoms with van der Waals surface area (Å²) in [5.41, 5.74) is 2.66. The molecule has 5 nitrogen and oxygen atoms in total. The maximum atomic E-state index is 11.9. The Morgan fingerprint density at radius 3 is 2.45 bits per heavy atom. The molecule has 0 bridgehead atoms. The van der Waals surface area contributed by atoms with Crippen LogP contribution in [0.3, 0.4) is 0 Å². The average molecular weight is 298 g/mol. The molecule has 5 heteroatoms. The molecule has 0 saturated heterocycles. The molecule has 0 aliphatic rings. The topological polar surface area (TPSA) is 58.1 Å². The second kappa shape index (κ2) is 7.66. The molecular weight excluding hydrogens is 276 g/mol. The Bertz CT molecular complexity index is 596. The summed E-state index contributed by atoms with van der Waals surface area (Å²) in [4.78, 5) is 22.0. The highest BCUT2D eigenvalue weighted by atomic mass is 16.1. The zero-order valence-electron chi connectivity index (χ0n) is 13.3. The normalized spacial score (nSPS) is 11.0. The number of nitrogens with one attached hydrogen (secondary N) is 1. The van der Waals surface area contributed by atoms with Gasteiger partial charge in [0.2, 0.25) is 0 Å². The smallest absolute Gasteiger partial charge is 0.271 e. The van der Waals surface area contributed by atoms with Crippen molar-refractivity contribution in [2.75, 3.05) is 7.05 Å². The first-order chi connectivity index (χ1) is 10.6. The molecule has 0 spiro atoms. The standard InChI is InChI=1S/C17H22N4O/c1-13(2)21(3)12-15-6-4-14(5-7-15)10-20-17(22)16-11-18-8-9-19-16/h4-9,11,13H,10,12H2,1-3H3,(H,20,22).